The lowest BCUT2D eigenvalue weighted by Crippen LogP contribution is -2.40. The van der Waals surface area contributed by atoms with E-state index in [1.54, 1.807) is 7.11 Å². The molecule has 0 saturated heterocycles. The number of methoxy groups -OCH3 is 2. The topological polar surface area (TPSA) is 82.5 Å². The number of nitrogens with zero attached hydrogens (tertiary/aromatic N) is 2. The van der Waals surface area contributed by atoms with Crippen molar-refractivity contribution in [3.8, 4) is 0 Å². The van der Waals surface area contributed by atoms with Gasteiger partial charge in [0.25, 0.3) is 5.56 Å². The van der Waals surface area contributed by atoms with Crippen molar-refractivity contribution in [1.29, 1.82) is 0 Å². The minimum Gasteiger partial charge on any atom is -0.468 e. The van der Waals surface area contributed by atoms with E-state index in [0.29, 0.717) is 10.2 Å². The molecular formula is C12H16BrN3O4. The Bertz CT molecular complexity index is 554. The zero-order valence-corrected chi connectivity index (χ0v) is 12.8. The van der Waals surface area contributed by atoms with Crippen LogP contribution >= 0.6 is 15.9 Å². The van der Waals surface area contributed by atoms with Gasteiger partial charge in [-0.1, -0.05) is 0 Å². The summed E-state index contributed by atoms with van der Waals surface area (Å²) in [5.74, 6) is -0.519. The first-order valence-electron chi connectivity index (χ1n) is 6.17. The first-order valence-corrected chi connectivity index (χ1v) is 6.96. The third kappa shape index (κ3) is 3.18. The lowest BCUT2D eigenvalue weighted by molar-refractivity contribution is -0.141. The predicted octanol–water partition coefficient (Wildman–Crippen LogP) is 0.768. The molecule has 1 fully saturated rings. The molecule has 1 aromatic rings. The molecule has 7 nitrogen and oxygen atoms in total. The normalized spacial score (nSPS) is 21.1. The maximum atomic E-state index is 12.0. The van der Waals surface area contributed by atoms with Crippen molar-refractivity contribution in [3.63, 3.8) is 0 Å². The van der Waals surface area contributed by atoms with Crippen molar-refractivity contribution in [2.75, 3.05) is 19.5 Å². The van der Waals surface area contributed by atoms with E-state index in [9.17, 15) is 9.59 Å². The van der Waals surface area contributed by atoms with E-state index in [4.69, 9.17) is 4.74 Å². The van der Waals surface area contributed by atoms with Crippen LogP contribution < -0.4 is 10.9 Å². The molecule has 8 heteroatoms. The summed E-state index contributed by atoms with van der Waals surface area (Å²) in [5, 5.41) is 7.18. The molecule has 110 valence electrons. The Morgan fingerprint density at radius 3 is 2.85 bits per heavy atom. The second-order valence-corrected chi connectivity index (χ2v) is 5.37. The molecule has 0 radical (unpaired) electrons. The third-order valence-electron chi connectivity index (χ3n) is 3.28. The lowest BCUT2D eigenvalue weighted by atomic mass is 9.89. The summed E-state index contributed by atoms with van der Waals surface area (Å²) in [5.41, 5.74) is 0.249. The van der Waals surface area contributed by atoms with Crippen molar-refractivity contribution >= 4 is 27.6 Å². The second-order valence-electron chi connectivity index (χ2n) is 4.58. The lowest BCUT2D eigenvalue weighted by Gasteiger charge is -2.35. The van der Waals surface area contributed by atoms with E-state index in [1.807, 2.05) is 0 Å². The van der Waals surface area contributed by atoms with Gasteiger partial charge in [-0.15, -0.1) is 0 Å². The van der Waals surface area contributed by atoms with Crippen LogP contribution in [-0.2, 0) is 20.8 Å². The zero-order chi connectivity index (χ0) is 14.7. The number of halogens is 1. The van der Waals surface area contributed by atoms with Crippen molar-refractivity contribution < 1.29 is 14.3 Å². The Morgan fingerprint density at radius 1 is 1.55 bits per heavy atom. The van der Waals surface area contributed by atoms with Crippen molar-refractivity contribution in [2.45, 2.75) is 31.5 Å². The minimum absolute atomic E-state index is 0.205. The molecule has 0 unspecified atom stereocenters. The number of esters is 1. The number of ether oxygens (including phenoxy) is 2. The van der Waals surface area contributed by atoms with Crippen LogP contribution in [0.3, 0.4) is 0 Å². The number of nitrogens with one attached hydrogen (secondary N) is 1. The van der Waals surface area contributed by atoms with E-state index in [1.165, 1.54) is 13.3 Å². The highest BCUT2D eigenvalue weighted by atomic mass is 79.9. The first-order chi connectivity index (χ1) is 9.55. The molecule has 1 aromatic heterocycles. The van der Waals surface area contributed by atoms with Crippen LogP contribution in [0.1, 0.15) is 12.8 Å². The molecule has 0 atom stereocenters. The van der Waals surface area contributed by atoms with E-state index in [-0.39, 0.29) is 24.2 Å². The van der Waals surface area contributed by atoms with Gasteiger partial charge in [-0.3, -0.25) is 9.59 Å². The fraction of sp³-hybridized carbons (Fsp3) is 0.583. The fourth-order valence-electron chi connectivity index (χ4n) is 1.96. The summed E-state index contributed by atoms with van der Waals surface area (Å²) >= 11 is 3.24. The Kier molecular flexibility index (Phi) is 4.77. The molecule has 0 aliphatic heterocycles. The van der Waals surface area contributed by atoms with E-state index >= 15 is 0 Å². The van der Waals surface area contributed by atoms with Gasteiger partial charge in [-0.05, 0) is 28.8 Å². The summed E-state index contributed by atoms with van der Waals surface area (Å²) in [6.07, 6.45) is 3.59. The van der Waals surface area contributed by atoms with Crippen molar-refractivity contribution in [2.24, 2.45) is 0 Å². The van der Waals surface area contributed by atoms with Crippen molar-refractivity contribution in [1.82, 2.24) is 9.78 Å². The van der Waals surface area contributed by atoms with Gasteiger partial charge in [0.15, 0.2) is 0 Å². The standard InChI is InChI=1S/C12H16BrN3O4/c1-19-8-3-7(4-8)15-9-5-14-16(6-10(17)20-2)12(18)11(9)13/h5,7-8,15H,3-4,6H2,1-2H3. The summed E-state index contributed by atoms with van der Waals surface area (Å²) in [7, 11) is 2.95. The number of carbonyl (C=O) groups is 1. The molecular weight excluding hydrogens is 330 g/mol. The maximum absolute atomic E-state index is 12.0. The number of aromatic nitrogens is 2. The van der Waals surface area contributed by atoms with Crippen LogP contribution in [-0.4, -0.2) is 42.1 Å². The monoisotopic (exact) mass is 345 g/mol. The van der Waals surface area contributed by atoms with Crippen molar-refractivity contribution in [3.05, 3.63) is 21.0 Å². The van der Waals surface area contributed by atoms with Crippen LogP contribution in [0, 0.1) is 0 Å². The summed E-state index contributed by atoms with van der Waals surface area (Å²) < 4.78 is 11.1. The van der Waals surface area contributed by atoms with Gasteiger partial charge < -0.3 is 14.8 Å². The molecule has 0 aromatic carbocycles. The highest BCUT2D eigenvalue weighted by Gasteiger charge is 2.29. The van der Waals surface area contributed by atoms with Gasteiger partial charge in [0.1, 0.15) is 11.0 Å². The van der Waals surface area contributed by atoms with Crippen LogP contribution in [0.2, 0.25) is 0 Å². The van der Waals surface area contributed by atoms with Crippen LogP contribution in [0.25, 0.3) is 0 Å². The Balaban J connectivity index is 2.07. The maximum Gasteiger partial charge on any atom is 0.327 e. The van der Waals surface area contributed by atoms with Gasteiger partial charge in [0.05, 0.1) is 25.1 Å². The molecule has 0 bridgehead atoms. The molecule has 0 amide bonds. The van der Waals surface area contributed by atoms with Gasteiger partial charge in [0, 0.05) is 13.2 Å². The van der Waals surface area contributed by atoms with Gasteiger partial charge >= 0.3 is 5.97 Å². The number of hydrogen-bond acceptors (Lipinski definition) is 6. The zero-order valence-electron chi connectivity index (χ0n) is 11.3. The van der Waals surface area contributed by atoms with Gasteiger partial charge in [-0.2, -0.15) is 5.10 Å². The second kappa shape index (κ2) is 6.36. The number of hydrogen-bond donors (Lipinski definition) is 1. The quantitative estimate of drug-likeness (QED) is 0.793. The molecule has 1 aliphatic carbocycles. The highest BCUT2D eigenvalue weighted by Crippen LogP contribution is 2.28. The number of carbonyl (C=O) groups excluding carboxylic acids is 1. The molecule has 1 saturated carbocycles. The average Bonchev–Trinajstić information content (AvgIpc) is 2.40. The third-order valence-corrected chi connectivity index (χ3v) is 4.05. The molecule has 20 heavy (non-hydrogen) atoms. The Morgan fingerprint density at radius 2 is 2.25 bits per heavy atom. The minimum atomic E-state index is -0.519. The molecule has 2 rings (SSSR count). The Labute approximate surface area is 124 Å². The number of anilines is 1. The van der Waals surface area contributed by atoms with Gasteiger partial charge in [0.2, 0.25) is 0 Å². The molecule has 0 spiro atoms. The van der Waals surface area contributed by atoms with E-state index in [2.05, 4.69) is 31.1 Å². The largest absolute Gasteiger partial charge is 0.468 e. The van der Waals surface area contributed by atoms with Gasteiger partial charge in [-0.25, -0.2) is 4.68 Å². The predicted molar refractivity (Wildman–Crippen MR) is 75.7 cm³/mol. The molecule has 1 heterocycles. The Hall–Kier alpha value is -1.41. The summed E-state index contributed by atoms with van der Waals surface area (Å²) in [6.45, 7) is -0.205. The first kappa shape index (κ1) is 15.0. The SMILES string of the molecule is COC(=O)Cn1ncc(NC2CC(OC)C2)c(Br)c1=O. The molecule has 1 aliphatic rings. The smallest absolute Gasteiger partial charge is 0.327 e. The van der Waals surface area contributed by atoms with Crippen LogP contribution in [0.5, 0.6) is 0 Å². The summed E-state index contributed by atoms with van der Waals surface area (Å²) in [4.78, 5) is 23.2. The fourth-order valence-corrected chi connectivity index (χ4v) is 2.38. The summed E-state index contributed by atoms with van der Waals surface area (Å²) in [6, 6.07) is 0.272. The van der Waals surface area contributed by atoms with Crippen LogP contribution in [0.4, 0.5) is 5.69 Å². The van der Waals surface area contributed by atoms with E-state index in [0.717, 1.165) is 17.5 Å². The highest BCUT2D eigenvalue weighted by molar-refractivity contribution is 9.10. The molecule has 1 N–H and O–H groups in total. The number of rotatable bonds is 5. The van der Waals surface area contributed by atoms with Crippen LogP contribution in [0.15, 0.2) is 15.5 Å². The average molecular weight is 346 g/mol. The van der Waals surface area contributed by atoms with E-state index < -0.39 is 5.97 Å².